The normalized spacial score (nSPS) is 15.6. The van der Waals surface area contributed by atoms with Crippen molar-refractivity contribution in [2.24, 2.45) is 0 Å². The summed E-state index contributed by atoms with van der Waals surface area (Å²) in [6.45, 7) is 3.13. The van der Waals surface area contributed by atoms with Crippen LogP contribution in [0.4, 0.5) is 4.39 Å². The molecule has 1 aliphatic rings. The highest BCUT2D eigenvalue weighted by Crippen LogP contribution is 2.28. The van der Waals surface area contributed by atoms with Crippen LogP contribution in [0.1, 0.15) is 29.7 Å². The average molecular weight is 405 g/mol. The van der Waals surface area contributed by atoms with Gasteiger partial charge >= 0.3 is 0 Å². The lowest BCUT2D eigenvalue weighted by atomic mass is 10.00. The Bertz CT molecular complexity index is 1090. The Kier molecular flexibility index (Phi) is 5.65. The zero-order valence-electron chi connectivity index (χ0n) is 17.1. The Morgan fingerprint density at radius 3 is 2.70 bits per heavy atom. The van der Waals surface area contributed by atoms with Crippen molar-refractivity contribution in [2.75, 3.05) is 13.7 Å². The van der Waals surface area contributed by atoms with E-state index in [0.29, 0.717) is 18.8 Å². The summed E-state index contributed by atoms with van der Waals surface area (Å²) in [4.78, 5) is 19.1. The van der Waals surface area contributed by atoms with Gasteiger partial charge in [-0.3, -0.25) is 4.79 Å². The molecular weight excluding hydrogens is 381 g/mol. The number of nitrogens with zero attached hydrogens (tertiary/aromatic N) is 3. The van der Waals surface area contributed by atoms with E-state index in [2.05, 4.69) is 4.98 Å². The molecule has 0 saturated carbocycles. The standard InChI is InChI=1S/C24H24FN3O2/c1-17-14-28(16-26-17)22-10-7-19(13-23(22)30-2)12-20-4-3-11-27(24(20)29)15-18-5-8-21(25)9-6-18/h5-10,12-14,16H,3-4,11,15H2,1-2H3/b20-12+. The minimum Gasteiger partial charge on any atom is -0.495 e. The summed E-state index contributed by atoms with van der Waals surface area (Å²) >= 11 is 0. The van der Waals surface area contributed by atoms with Crippen molar-refractivity contribution in [3.8, 4) is 11.4 Å². The number of hydrogen-bond acceptors (Lipinski definition) is 3. The SMILES string of the molecule is COc1cc(/C=C2\CCCN(Cc3ccc(F)cc3)C2=O)ccc1-n1cnc(C)c1. The van der Waals surface area contributed by atoms with Crippen LogP contribution in [0.15, 0.2) is 60.6 Å². The predicted octanol–water partition coefficient (Wildman–Crippen LogP) is 4.53. The first-order chi connectivity index (χ1) is 14.5. The molecule has 3 aromatic rings. The lowest BCUT2D eigenvalue weighted by Gasteiger charge is -2.28. The molecule has 6 heteroatoms. The number of aromatic nitrogens is 2. The molecule has 1 amide bonds. The van der Waals surface area contributed by atoms with Crippen molar-refractivity contribution >= 4 is 12.0 Å². The maximum absolute atomic E-state index is 13.1. The largest absolute Gasteiger partial charge is 0.495 e. The zero-order chi connectivity index (χ0) is 21.1. The number of carbonyl (C=O) groups is 1. The van der Waals surface area contributed by atoms with Crippen molar-refractivity contribution in [3.63, 3.8) is 0 Å². The van der Waals surface area contributed by atoms with Crippen LogP contribution < -0.4 is 4.74 Å². The number of methoxy groups -OCH3 is 1. The molecule has 0 unspecified atom stereocenters. The summed E-state index contributed by atoms with van der Waals surface area (Å²) in [6, 6.07) is 12.2. The monoisotopic (exact) mass is 405 g/mol. The third kappa shape index (κ3) is 4.27. The van der Waals surface area contributed by atoms with Gasteiger partial charge in [-0.2, -0.15) is 0 Å². The molecule has 0 atom stereocenters. The van der Waals surface area contributed by atoms with Crippen LogP contribution in [0.3, 0.4) is 0 Å². The van der Waals surface area contributed by atoms with Gasteiger partial charge < -0.3 is 14.2 Å². The van der Waals surface area contributed by atoms with Gasteiger partial charge in [-0.25, -0.2) is 9.37 Å². The van der Waals surface area contributed by atoms with Gasteiger partial charge in [-0.05, 0) is 61.2 Å². The summed E-state index contributed by atoms with van der Waals surface area (Å²) in [5.41, 5.74) is 4.44. The second-order valence-electron chi connectivity index (χ2n) is 7.48. The van der Waals surface area contributed by atoms with Crippen molar-refractivity contribution in [2.45, 2.75) is 26.3 Å². The van der Waals surface area contributed by atoms with Gasteiger partial charge in [0.25, 0.3) is 0 Å². The molecule has 2 aromatic carbocycles. The van der Waals surface area contributed by atoms with E-state index in [1.807, 2.05) is 46.9 Å². The van der Waals surface area contributed by atoms with E-state index in [9.17, 15) is 9.18 Å². The second kappa shape index (κ2) is 8.53. The molecule has 30 heavy (non-hydrogen) atoms. The molecular formula is C24H24FN3O2. The topological polar surface area (TPSA) is 47.4 Å². The fourth-order valence-corrected chi connectivity index (χ4v) is 3.72. The zero-order valence-corrected chi connectivity index (χ0v) is 17.1. The van der Waals surface area contributed by atoms with Gasteiger partial charge in [0.1, 0.15) is 11.6 Å². The third-order valence-electron chi connectivity index (χ3n) is 5.26. The molecule has 0 N–H and O–H groups in total. The summed E-state index contributed by atoms with van der Waals surface area (Å²) in [6.07, 6.45) is 7.27. The van der Waals surface area contributed by atoms with Crippen molar-refractivity contribution in [1.29, 1.82) is 0 Å². The number of amides is 1. The van der Waals surface area contributed by atoms with Gasteiger partial charge in [0, 0.05) is 24.9 Å². The first-order valence-corrected chi connectivity index (χ1v) is 9.97. The van der Waals surface area contributed by atoms with E-state index >= 15 is 0 Å². The highest BCUT2D eigenvalue weighted by atomic mass is 19.1. The summed E-state index contributed by atoms with van der Waals surface area (Å²) in [7, 11) is 1.63. The first-order valence-electron chi connectivity index (χ1n) is 9.97. The van der Waals surface area contributed by atoms with E-state index in [1.165, 1.54) is 12.1 Å². The lowest BCUT2D eigenvalue weighted by Crippen LogP contribution is -2.36. The smallest absolute Gasteiger partial charge is 0.250 e. The number of hydrogen-bond donors (Lipinski definition) is 0. The Morgan fingerprint density at radius 1 is 1.20 bits per heavy atom. The molecule has 0 aliphatic carbocycles. The minimum atomic E-state index is -0.271. The minimum absolute atomic E-state index is 0.0267. The van der Waals surface area contributed by atoms with Crippen molar-refractivity contribution < 1.29 is 13.9 Å². The molecule has 1 fully saturated rings. The molecule has 0 spiro atoms. The van der Waals surface area contributed by atoms with Gasteiger partial charge in [-0.15, -0.1) is 0 Å². The number of halogens is 1. The third-order valence-corrected chi connectivity index (χ3v) is 5.26. The van der Waals surface area contributed by atoms with E-state index in [0.717, 1.165) is 40.9 Å². The molecule has 2 heterocycles. The van der Waals surface area contributed by atoms with Gasteiger partial charge in [0.2, 0.25) is 5.91 Å². The van der Waals surface area contributed by atoms with E-state index in [1.54, 1.807) is 25.6 Å². The van der Waals surface area contributed by atoms with Crippen LogP contribution in [-0.2, 0) is 11.3 Å². The molecule has 154 valence electrons. The predicted molar refractivity (Wildman–Crippen MR) is 114 cm³/mol. The van der Waals surface area contributed by atoms with Crippen LogP contribution in [0.2, 0.25) is 0 Å². The van der Waals surface area contributed by atoms with Crippen molar-refractivity contribution in [3.05, 3.63) is 83.2 Å². The first kappa shape index (κ1) is 19.9. The van der Waals surface area contributed by atoms with Crippen LogP contribution in [0, 0.1) is 12.7 Å². The van der Waals surface area contributed by atoms with Crippen LogP contribution in [0.5, 0.6) is 5.75 Å². The molecule has 0 bridgehead atoms. The number of likely N-dealkylation sites (tertiary alicyclic amines) is 1. The fraction of sp³-hybridized carbons (Fsp3) is 0.250. The van der Waals surface area contributed by atoms with Gasteiger partial charge in [-0.1, -0.05) is 18.2 Å². The fourth-order valence-electron chi connectivity index (χ4n) is 3.72. The number of benzene rings is 2. The molecule has 1 aromatic heterocycles. The van der Waals surface area contributed by atoms with Crippen molar-refractivity contribution in [1.82, 2.24) is 14.5 Å². The highest BCUT2D eigenvalue weighted by Gasteiger charge is 2.23. The maximum atomic E-state index is 13.1. The number of rotatable bonds is 5. The van der Waals surface area contributed by atoms with Gasteiger partial charge in [0.05, 0.1) is 24.8 Å². The van der Waals surface area contributed by atoms with E-state index < -0.39 is 0 Å². The summed E-state index contributed by atoms with van der Waals surface area (Å²) < 4.78 is 20.6. The van der Waals surface area contributed by atoms with Crippen LogP contribution in [0.25, 0.3) is 11.8 Å². The second-order valence-corrected chi connectivity index (χ2v) is 7.48. The Labute approximate surface area is 175 Å². The molecule has 1 saturated heterocycles. The van der Waals surface area contributed by atoms with Crippen LogP contribution >= 0.6 is 0 Å². The Balaban J connectivity index is 1.56. The number of carbonyl (C=O) groups excluding carboxylic acids is 1. The maximum Gasteiger partial charge on any atom is 0.250 e. The number of imidazole rings is 1. The van der Waals surface area contributed by atoms with Crippen LogP contribution in [-0.4, -0.2) is 34.0 Å². The number of ether oxygens (including phenoxy) is 1. The Morgan fingerprint density at radius 2 is 2.00 bits per heavy atom. The Hall–Kier alpha value is -3.41. The van der Waals surface area contributed by atoms with Gasteiger partial charge in [0.15, 0.2) is 0 Å². The number of aryl methyl sites for hydroxylation is 1. The van der Waals surface area contributed by atoms with E-state index in [4.69, 9.17) is 4.74 Å². The van der Waals surface area contributed by atoms with E-state index in [-0.39, 0.29) is 11.7 Å². The molecule has 5 nitrogen and oxygen atoms in total. The quantitative estimate of drug-likeness (QED) is 0.586. The lowest BCUT2D eigenvalue weighted by molar-refractivity contribution is -0.129. The summed E-state index contributed by atoms with van der Waals surface area (Å²) in [5, 5.41) is 0. The molecule has 0 radical (unpaired) electrons. The molecule has 4 rings (SSSR count). The number of piperidine rings is 1. The average Bonchev–Trinajstić information content (AvgIpc) is 3.18. The highest BCUT2D eigenvalue weighted by molar-refractivity contribution is 5.98. The summed E-state index contributed by atoms with van der Waals surface area (Å²) in [5.74, 6) is 0.472. The molecule has 1 aliphatic heterocycles.